The molecule has 2 rings (SSSR count). The zero-order valence-corrected chi connectivity index (χ0v) is 10.7. The van der Waals surface area contributed by atoms with Crippen LogP contribution >= 0.6 is 0 Å². The van der Waals surface area contributed by atoms with Crippen LogP contribution in [0, 0.1) is 28.7 Å². The second-order valence-corrected chi connectivity index (χ2v) is 4.27. The first-order chi connectivity index (χ1) is 9.50. The Morgan fingerprint density at radius 2 is 1.90 bits per heavy atom. The van der Waals surface area contributed by atoms with Crippen molar-refractivity contribution in [2.75, 3.05) is 5.32 Å². The quantitative estimate of drug-likeness (QED) is 0.683. The fourth-order valence-corrected chi connectivity index (χ4v) is 1.89. The average Bonchev–Trinajstić information content (AvgIpc) is 2.41. The van der Waals surface area contributed by atoms with E-state index in [0.717, 1.165) is 6.07 Å². The summed E-state index contributed by atoms with van der Waals surface area (Å²) in [6.07, 6.45) is 0. The minimum Gasteiger partial charge on any atom is -0.380 e. The van der Waals surface area contributed by atoms with Gasteiger partial charge in [0.15, 0.2) is 11.6 Å². The molecule has 0 bridgehead atoms. The first kappa shape index (κ1) is 13.9. The molecular formula is C14H12F2N2O2. The SMILES string of the molecule is Cc1c(NCc2cccc(F)c2F)cccc1[N+](=O)[O-]. The third-order valence-corrected chi connectivity index (χ3v) is 3.00. The van der Waals surface area contributed by atoms with Crippen molar-refractivity contribution >= 4 is 11.4 Å². The van der Waals surface area contributed by atoms with Gasteiger partial charge in [0.05, 0.1) is 4.92 Å². The Morgan fingerprint density at radius 3 is 2.60 bits per heavy atom. The van der Waals surface area contributed by atoms with Gasteiger partial charge in [-0.2, -0.15) is 0 Å². The van der Waals surface area contributed by atoms with Gasteiger partial charge >= 0.3 is 0 Å². The molecule has 0 unspecified atom stereocenters. The lowest BCUT2D eigenvalue weighted by molar-refractivity contribution is -0.385. The van der Waals surface area contributed by atoms with Crippen LogP contribution in [0.2, 0.25) is 0 Å². The maximum Gasteiger partial charge on any atom is 0.274 e. The van der Waals surface area contributed by atoms with E-state index in [2.05, 4.69) is 5.32 Å². The molecule has 1 N–H and O–H groups in total. The topological polar surface area (TPSA) is 55.2 Å². The van der Waals surface area contributed by atoms with Gasteiger partial charge in [0.25, 0.3) is 5.69 Å². The van der Waals surface area contributed by atoms with Crippen LogP contribution < -0.4 is 5.32 Å². The van der Waals surface area contributed by atoms with E-state index in [1.807, 2.05) is 0 Å². The molecule has 0 aliphatic carbocycles. The molecule has 0 aliphatic rings. The van der Waals surface area contributed by atoms with E-state index < -0.39 is 16.6 Å². The molecular weight excluding hydrogens is 266 g/mol. The highest BCUT2D eigenvalue weighted by atomic mass is 19.2. The summed E-state index contributed by atoms with van der Waals surface area (Å²) in [5.74, 6) is -1.83. The van der Waals surface area contributed by atoms with Crippen molar-refractivity contribution in [2.24, 2.45) is 0 Å². The lowest BCUT2D eigenvalue weighted by atomic mass is 10.1. The molecule has 0 amide bonds. The molecule has 0 radical (unpaired) electrons. The van der Waals surface area contributed by atoms with Gasteiger partial charge in [-0.05, 0) is 19.1 Å². The van der Waals surface area contributed by atoms with E-state index in [9.17, 15) is 18.9 Å². The molecule has 2 aromatic carbocycles. The standard InChI is InChI=1S/C14H12F2N2O2/c1-9-12(6-3-7-13(9)18(19)20)17-8-10-4-2-5-11(15)14(10)16/h2-7,17H,8H2,1H3. The summed E-state index contributed by atoms with van der Waals surface area (Å²) in [6.45, 7) is 1.65. The fourth-order valence-electron chi connectivity index (χ4n) is 1.89. The monoisotopic (exact) mass is 278 g/mol. The van der Waals surface area contributed by atoms with Crippen molar-refractivity contribution in [3.05, 3.63) is 69.3 Å². The van der Waals surface area contributed by atoms with Gasteiger partial charge in [-0.1, -0.05) is 18.2 Å². The van der Waals surface area contributed by atoms with Crippen molar-refractivity contribution in [2.45, 2.75) is 13.5 Å². The zero-order valence-electron chi connectivity index (χ0n) is 10.7. The van der Waals surface area contributed by atoms with E-state index in [4.69, 9.17) is 0 Å². The third-order valence-electron chi connectivity index (χ3n) is 3.00. The summed E-state index contributed by atoms with van der Waals surface area (Å²) in [6, 6.07) is 8.49. The molecule has 2 aromatic rings. The van der Waals surface area contributed by atoms with E-state index in [1.165, 1.54) is 24.3 Å². The number of halogens is 2. The molecule has 0 spiro atoms. The van der Waals surface area contributed by atoms with E-state index in [0.29, 0.717) is 11.3 Å². The number of nitro groups is 1. The summed E-state index contributed by atoms with van der Waals surface area (Å²) >= 11 is 0. The molecule has 0 saturated heterocycles. The van der Waals surface area contributed by atoms with E-state index in [1.54, 1.807) is 13.0 Å². The Morgan fingerprint density at radius 1 is 1.20 bits per heavy atom. The minimum absolute atomic E-state index is 0.0188. The van der Waals surface area contributed by atoms with Gasteiger partial charge in [0.1, 0.15) is 0 Å². The summed E-state index contributed by atoms with van der Waals surface area (Å²) in [4.78, 5) is 10.3. The Hall–Kier alpha value is -2.50. The number of nitrogens with zero attached hydrogens (tertiary/aromatic N) is 1. The van der Waals surface area contributed by atoms with Crippen LogP contribution in [0.25, 0.3) is 0 Å². The largest absolute Gasteiger partial charge is 0.380 e. The normalized spacial score (nSPS) is 10.3. The lowest BCUT2D eigenvalue weighted by Crippen LogP contribution is -2.05. The molecule has 0 heterocycles. The summed E-state index contributed by atoms with van der Waals surface area (Å²) < 4.78 is 26.6. The van der Waals surface area contributed by atoms with Crippen molar-refractivity contribution in [1.82, 2.24) is 0 Å². The van der Waals surface area contributed by atoms with E-state index >= 15 is 0 Å². The van der Waals surface area contributed by atoms with Crippen LogP contribution in [0.15, 0.2) is 36.4 Å². The Labute approximate surface area is 114 Å². The molecule has 104 valence electrons. The number of nitro benzene ring substituents is 1. The summed E-state index contributed by atoms with van der Waals surface area (Å²) in [7, 11) is 0. The second kappa shape index (κ2) is 5.64. The number of rotatable bonds is 4. The predicted molar refractivity (Wildman–Crippen MR) is 71.5 cm³/mol. The highest BCUT2D eigenvalue weighted by Crippen LogP contribution is 2.25. The number of hydrogen-bond donors (Lipinski definition) is 1. The van der Waals surface area contributed by atoms with Crippen molar-refractivity contribution in [1.29, 1.82) is 0 Å². The van der Waals surface area contributed by atoms with E-state index in [-0.39, 0.29) is 17.8 Å². The summed E-state index contributed by atoms with van der Waals surface area (Å²) in [5, 5.41) is 13.7. The lowest BCUT2D eigenvalue weighted by Gasteiger charge is -2.10. The molecule has 0 aliphatic heterocycles. The zero-order chi connectivity index (χ0) is 14.7. The average molecular weight is 278 g/mol. The van der Waals surface area contributed by atoms with Crippen molar-refractivity contribution in [3.8, 4) is 0 Å². The second-order valence-electron chi connectivity index (χ2n) is 4.27. The Balaban J connectivity index is 2.21. The number of nitrogens with one attached hydrogen (secondary N) is 1. The molecule has 20 heavy (non-hydrogen) atoms. The van der Waals surface area contributed by atoms with Crippen LogP contribution in [0.3, 0.4) is 0 Å². The predicted octanol–water partition coefficient (Wildman–Crippen LogP) is 3.79. The van der Waals surface area contributed by atoms with Gasteiger partial charge in [0, 0.05) is 29.4 Å². The number of anilines is 1. The molecule has 0 fully saturated rings. The highest BCUT2D eigenvalue weighted by Gasteiger charge is 2.13. The van der Waals surface area contributed by atoms with Gasteiger partial charge in [-0.15, -0.1) is 0 Å². The number of hydrogen-bond acceptors (Lipinski definition) is 3. The van der Waals surface area contributed by atoms with Crippen LogP contribution in [0.1, 0.15) is 11.1 Å². The first-order valence-corrected chi connectivity index (χ1v) is 5.91. The molecule has 0 atom stereocenters. The van der Waals surface area contributed by atoms with Gasteiger partial charge in [0.2, 0.25) is 0 Å². The van der Waals surface area contributed by atoms with Gasteiger partial charge in [-0.3, -0.25) is 10.1 Å². The van der Waals surface area contributed by atoms with Gasteiger partial charge < -0.3 is 5.32 Å². The van der Waals surface area contributed by atoms with Crippen molar-refractivity contribution < 1.29 is 13.7 Å². The Bertz CT molecular complexity index is 660. The van der Waals surface area contributed by atoms with Crippen molar-refractivity contribution in [3.63, 3.8) is 0 Å². The summed E-state index contributed by atoms with van der Waals surface area (Å²) in [5.41, 5.74) is 1.11. The maximum atomic E-state index is 13.5. The van der Waals surface area contributed by atoms with Crippen LogP contribution in [0.4, 0.5) is 20.2 Å². The molecule has 4 nitrogen and oxygen atoms in total. The smallest absolute Gasteiger partial charge is 0.274 e. The third kappa shape index (κ3) is 2.74. The first-order valence-electron chi connectivity index (χ1n) is 5.91. The molecule has 6 heteroatoms. The fraction of sp³-hybridized carbons (Fsp3) is 0.143. The number of benzene rings is 2. The van der Waals surface area contributed by atoms with Crippen LogP contribution in [0.5, 0.6) is 0 Å². The van der Waals surface area contributed by atoms with Gasteiger partial charge in [-0.25, -0.2) is 8.78 Å². The van der Waals surface area contributed by atoms with Crippen LogP contribution in [-0.4, -0.2) is 4.92 Å². The highest BCUT2D eigenvalue weighted by molar-refractivity contribution is 5.59. The Kier molecular flexibility index (Phi) is 3.93. The minimum atomic E-state index is -0.917. The maximum absolute atomic E-state index is 13.5. The van der Waals surface area contributed by atoms with Crippen LogP contribution in [-0.2, 0) is 6.54 Å². The molecule has 0 saturated carbocycles. The molecule has 0 aromatic heterocycles.